The predicted molar refractivity (Wildman–Crippen MR) is 65.3 cm³/mol. The van der Waals surface area contributed by atoms with Gasteiger partial charge in [-0.25, -0.2) is 0 Å². The average molecular weight is 249 g/mol. The van der Waals surface area contributed by atoms with Crippen molar-refractivity contribution >= 4 is 11.8 Å². The molecule has 0 N–H and O–H groups in total. The summed E-state index contributed by atoms with van der Waals surface area (Å²) in [6.07, 6.45) is 3.53. The Bertz CT molecular complexity index is 382. The summed E-state index contributed by atoms with van der Waals surface area (Å²) in [4.78, 5) is 27.5. The van der Waals surface area contributed by atoms with Crippen molar-refractivity contribution in [3.63, 3.8) is 0 Å². The summed E-state index contributed by atoms with van der Waals surface area (Å²) in [5.74, 6) is -0.296. The molecule has 0 radical (unpaired) electrons. The Morgan fingerprint density at radius 2 is 2.06 bits per heavy atom. The number of nitrogens with zero attached hydrogens (tertiary/aromatic N) is 3. The Labute approximate surface area is 107 Å². The molecule has 0 saturated carbocycles. The standard InChI is InChI=1S/C13H19N3O2/c1-10(13(18)15-5-3-2-4-6-15)16-9-11(8-14)7-12(16)17/h10-11H,2-7,9H2,1H3. The van der Waals surface area contributed by atoms with Gasteiger partial charge in [-0.1, -0.05) is 0 Å². The van der Waals surface area contributed by atoms with E-state index in [1.54, 1.807) is 11.8 Å². The molecule has 0 aromatic rings. The zero-order valence-electron chi connectivity index (χ0n) is 10.8. The van der Waals surface area contributed by atoms with Gasteiger partial charge in [-0.15, -0.1) is 0 Å². The van der Waals surface area contributed by atoms with Crippen LogP contribution in [0.3, 0.4) is 0 Å². The van der Waals surface area contributed by atoms with Crippen LogP contribution in [-0.2, 0) is 9.59 Å². The molecule has 2 atom stereocenters. The van der Waals surface area contributed by atoms with Gasteiger partial charge >= 0.3 is 0 Å². The summed E-state index contributed by atoms with van der Waals surface area (Å²) in [7, 11) is 0. The molecule has 0 spiro atoms. The van der Waals surface area contributed by atoms with Crippen molar-refractivity contribution in [1.29, 1.82) is 5.26 Å². The van der Waals surface area contributed by atoms with Crippen LogP contribution in [-0.4, -0.2) is 47.3 Å². The highest BCUT2D eigenvalue weighted by molar-refractivity contribution is 5.88. The van der Waals surface area contributed by atoms with Crippen molar-refractivity contribution in [2.24, 2.45) is 5.92 Å². The quantitative estimate of drug-likeness (QED) is 0.725. The van der Waals surface area contributed by atoms with Crippen LogP contribution in [0.2, 0.25) is 0 Å². The monoisotopic (exact) mass is 249 g/mol. The molecule has 18 heavy (non-hydrogen) atoms. The van der Waals surface area contributed by atoms with Crippen molar-refractivity contribution in [3.05, 3.63) is 0 Å². The maximum atomic E-state index is 12.3. The summed E-state index contributed by atoms with van der Waals surface area (Å²) in [6, 6.07) is 1.69. The van der Waals surface area contributed by atoms with Crippen molar-refractivity contribution < 1.29 is 9.59 Å². The smallest absolute Gasteiger partial charge is 0.245 e. The zero-order valence-corrected chi connectivity index (χ0v) is 10.8. The number of rotatable bonds is 2. The van der Waals surface area contributed by atoms with Crippen molar-refractivity contribution in [2.75, 3.05) is 19.6 Å². The Morgan fingerprint density at radius 1 is 1.39 bits per heavy atom. The predicted octanol–water partition coefficient (Wildman–Crippen LogP) is 0.759. The van der Waals surface area contributed by atoms with Crippen molar-refractivity contribution in [1.82, 2.24) is 9.80 Å². The number of hydrogen-bond acceptors (Lipinski definition) is 3. The van der Waals surface area contributed by atoms with E-state index in [-0.39, 0.29) is 24.2 Å². The number of amides is 2. The van der Waals surface area contributed by atoms with Crippen LogP contribution < -0.4 is 0 Å². The maximum Gasteiger partial charge on any atom is 0.245 e. The minimum atomic E-state index is -0.422. The van der Waals surface area contributed by atoms with E-state index in [9.17, 15) is 9.59 Å². The molecule has 2 rings (SSSR count). The fourth-order valence-corrected chi connectivity index (χ4v) is 2.70. The number of piperidine rings is 1. The van der Waals surface area contributed by atoms with Gasteiger partial charge in [0.2, 0.25) is 11.8 Å². The number of carbonyl (C=O) groups is 2. The largest absolute Gasteiger partial charge is 0.341 e. The first kappa shape index (κ1) is 12.9. The molecular weight excluding hydrogens is 230 g/mol. The lowest BCUT2D eigenvalue weighted by Crippen LogP contribution is -2.49. The van der Waals surface area contributed by atoms with Gasteiger partial charge in [-0.2, -0.15) is 5.26 Å². The van der Waals surface area contributed by atoms with Gasteiger partial charge in [0, 0.05) is 26.1 Å². The molecule has 2 aliphatic heterocycles. The third-order valence-corrected chi connectivity index (χ3v) is 3.83. The molecule has 2 amide bonds. The fraction of sp³-hybridized carbons (Fsp3) is 0.769. The van der Waals surface area contributed by atoms with Crippen LogP contribution in [0, 0.1) is 17.2 Å². The summed E-state index contributed by atoms with van der Waals surface area (Å²) in [6.45, 7) is 3.77. The SMILES string of the molecule is CC(C(=O)N1CCCCC1)N1CC(C#N)CC1=O. The van der Waals surface area contributed by atoms with Gasteiger partial charge in [0.05, 0.1) is 12.0 Å². The second-order valence-electron chi connectivity index (χ2n) is 5.14. The lowest BCUT2D eigenvalue weighted by molar-refractivity contribution is -0.143. The minimum absolute atomic E-state index is 0.0293. The van der Waals surface area contributed by atoms with E-state index in [1.165, 1.54) is 6.42 Å². The second-order valence-corrected chi connectivity index (χ2v) is 5.14. The van der Waals surface area contributed by atoms with E-state index in [2.05, 4.69) is 6.07 Å². The summed E-state index contributed by atoms with van der Waals surface area (Å²) >= 11 is 0. The highest BCUT2D eigenvalue weighted by Gasteiger charge is 2.36. The van der Waals surface area contributed by atoms with Gasteiger partial charge in [0.25, 0.3) is 0 Å². The highest BCUT2D eigenvalue weighted by Crippen LogP contribution is 2.21. The molecule has 98 valence electrons. The van der Waals surface area contributed by atoms with E-state index < -0.39 is 6.04 Å². The van der Waals surface area contributed by atoms with E-state index in [1.807, 2.05) is 4.90 Å². The number of carbonyl (C=O) groups excluding carboxylic acids is 2. The maximum absolute atomic E-state index is 12.3. The third-order valence-electron chi connectivity index (χ3n) is 3.83. The molecule has 5 nitrogen and oxygen atoms in total. The topological polar surface area (TPSA) is 64.4 Å². The Hall–Kier alpha value is -1.57. The molecule has 2 fully saturated rings. The molecule has 2 aliphatic rings. The number of hydrogen-bond donors (Lipinski definition) is 0. The second kappa shape index (κ2) is 5.38. The van der Waals surface area contributed by atoms with Crippen LogP contribution >= 0.6 is 0 Å². The molecule has 0 aromatic heterocycles. The van der Waals surface area contributed by atoms with Gasteiger partial charge in [0.1, 0.15) is 6.04 Å². The van der Waals surface area contributed by atoms with Gasteiger partial charge < -0.3 is 9.80 Å². The Morgan fingerprint density at radius 3 is 2.61 bits per heavy atom. The first-order chi connectivity index (χ1) is 8.63. The van der Waals surface area contributed by atoms with E-state index in [4.69, 9.17) is 5.26 Å². The van der Waals surface area contributed by atoms with Crippen LogP contribution in [0.5, 0.6) is 0 Å². The molecule has 5 heteroatoms. The normalized spacial score (nSPS) is 26.0. The van der Waals surface area contributed by atoms with Crippen molar-refractivity contribution in [2.45, 2.75) is 38.6 Å². The molecular formula is C13H19N3O2. The van der Waals surface area contributed by atoms with Crippen molar-refractivity contribution in [3.8, 4) is 6.07 Å². The van der Waals surface area contributed by atoms with Gasteiger partial charge in [-0.05, 0) is 26.2 Å². The fourth-order valence-electron chi connectivity index (χ4n) is 2.70. The molecule has 2 heterocycles. The zero-order chi connectivity index (χ0) is 13.1. The lowest BCUT2D eigenvalue weighted by Gasteiger charge is -2.32. The molecule has 0 bridgehead atoms. The molecule has 0 aromatic carbocycles. The van der Waals surface area contributed by atoms with E-state index in [0.29, 0.717) is 6.54 Å². The summed E-state index contributed by atoms with van der Waals surface area (Å²) < 4.78 is 0. The third kappa shape index (κ3) is 2.47. The average Bonchev–Trinajstić information content (AvgIpc) is 2.79. The lowest BCUT2D eigenvalue weighted by atomic mass is 10.1. The molecule has 0 aliphatic carbocycles. The summed E-state index contributed by atoms with van der Waals surface area (Å²) in [5.41, 5.74) is 0. The van der Waals surface area contributed by atoms with E-state index in [0.717, 1.165) is 25.9 Å². The number of nitriles is 1. The van der Waals surface area contributed by atoms with Crippen LogP contribution in [0.25, 0.3) is 0 Å². The first-order valence-corrected chi connectivity index (χ1v) is 6.61. The Balaban J connectivity index is 1.98. The van der Waals surface area contributed by atoms with Gasteiger partial charge in [0.15, 0.2) is 0 Å². The highest BCUT2D eigenvalue weighted by atomic mass is 16.2. The van der Waals surface area contributed by atoms with Crippen LogP contribution in [0.15, 0.2) is 0 Å². The minimum Gasteiger partial charge on any atom is -0.341 e. The van der Waals surface area contributed by atoms with Crippen LogP contribution in [0.1, 0.15) is 32.6 Å². The molecule has 2 saturated heterocycles. The summed E-state index contributed by atoms with van der Waals surface area (Å²) in [5, 5.41) is 8.85. The van der Waals surface area contributed by atoms with Crippen LogP contribution in [0.4, 0.5) is 0 Å². The van der Waals surface area contributed by atoms with Gasteiger partial charge in [-0.3, -0.25) is 9.59 Å². The Kier molecular flexibility index (Phi) is 3.85. The number of likely N-dealkylation sites (tertiary alicyclic amines) is 2. The van der Waals surface area contributed by atoms with E-state index >= 15 is 0 Å². The first-order valence-electron chi connectivity index (χ1n) is 6.61. The molecule has 2 unspecified atom stereocenters.